The number of benzene rings is 2. The quantitative estimate of drug-likeness (QED) is 0.814. The van der Waals surface area contributed by atoms with Crippen LogP contribution in [-0.2, 0) is 9.53 Å². The number of nitriles is 1. The Bertz CT molecular complexity index is 838. The van der Waals surface area contributed by atoms with Crippen LogP contribution in [0.2, 0.25) is 0 Å². The summed E-state index contributed by atoms with van der Waals surface area (Å²) in [7, 11) is 1.60. The molecular formula is C19H13NO3. The minimum Gasteiger partial charge on any atom is -0.497 e. The number of rotatable bonds is 3. The monoisotopic (exact) mass is 303 g/mol. The van der Waals surface area contributed by atoms with Crippen molar-refractivity contribution in [3.8, 4) is 11.8 Å². The number of carbonyl (C=O) groups excluding carboxylic acids is 1. The summed E-state index contributed by atoms with van der Waals surface area (Å²) < 4.78 is 10.4. The molecule has 1 aliphatic rings. The summed E-state index contributed by atoms with van der Waals surface area (Å²) in [6.07, 6.45) is 3.25. The van der Waals surface area contributed by atoms with E-state index in [1.807, 2.05) is 36.4 Å². The summed E-state index contributed by atoms with van der Waals surface area (Å²) in [6, 6.07) is 16.5. The van der Waals surface area contributed by atoms with Crippen molar-refractivity contribution < 1.29 is 14.3 Å². The molecule has 2 aromatic carbocycles. The normalized spacial score (nSPS) is 15.0. The average molecular weight is 303 g/mol. The predicted octanol–water partition coefficient (Wildman–Crippen LogP) is 3.55. The van der Waals surface area contributed by atoms with Gasteiger partial charge in [0.2, 0.25) is 0 Å². The molecular weight excluding hydrogens is 290 g/mol. The lowest BCUT2D eigenvalue weighted by atomic mass is 10.0. The van der Waals surface area contributed by atoms with E-state index in [2.05, 4.69) is 6.07 Å². The Morgan fingerprint density at radius 2 is 1.78 bits per heavy atom. The molecule has 2 aromatic rings. The van der Waals surface area contributed by atoms with E-state index in [-0.39, 0.29) is 0 Å². The molecule has 0 fully saturated rings. The number of hydrogen-bond acceptors (Lipinski definition) is 4. The highest BCUT2D eigenvalue weighted by atomic mass is 16.5. The van der Waals surface area contributed by atoms with Crippen LogP contribution in [-0.4, -0.2) is 13.1 Å². The first-order valence-electron chi connectivity index (χ1n) is 7.00. The second-order valence-corrected chi connectivity index (χ2v) is 4.95. The van der Waals surface area contributed by atoms with Crippen LogP contribution < -0.4 is 4.74 Å². The van der Waals surface area contributed by atoms with Crippen molar-refractivity contribution in [1.82, 2.24) is 0 Å². The summed E-state index contributed by atoms with van der Waals surface area (Å²) in [5.41, 5.74) is 3.04. The average Bonchev–Trinajstić information content (AvgIpc) is 2.96. The van der Waals surface area contributed by atoms with Crippen LogP contribution in [0.3, 0.4) is 0 Å². The van der Waals surface area contributed by atoms with Crippen LogP contribution in [0.15, 0.2) is 60.4 Å². The molecule has 1 heterocycles. The molecule has 0 bridgehead atoms. The van der Waals surface area contributed by atoms with Crippen molar-refractivity contribution in [1.29, 1.82) is 5.26 Å². The molecule has 0 atom stereocenters. The predicted molar refractivity (Wildman–Crippen MR) is 86.2 cm³/mol. The van der Waals surface area contributed by atoms with Gasteiger partial charge in [0.25, 0.3) is 0 Å². The van der Waals surface area contributed by atoms with Crippen LogP contribution in [0.1, 0.15) is 16.7 Å². The van der Waals surface area contributed by atoms with Crippen molar-refractivity contribution >= 4 is 17.6 Å². The first-order chi connectivity index (χ1) is 11.2. The van der Waals surface area contributed by atoms with Gasteiger partial charge < -0.3 is 9.47 Å². The molecule has 0 aromatic heterocycles. The van der Waals surface area contributed by atoms with Gasteiger partial charge >= 0.3 is 5.97 Å². The second kappa shape index (κ2) is 6.20. The number of methoxy groups -OCH3 is 1. The van der Waals surface area contributed by atoms with Gasteiger partial charge in [0.15, 0.2) is 0 Å². The Kier molecular flexibility index (Phi) is 3.94. The van der Waals surface area contributed by atoms with Crippen molar-refractivity contribution in [3.05, 3.63) is 77.1 Å². The molecule has 4 heteroatoms. The summed E-state index contributed by atoms with van der Waals surface area (Å²) in [5.74, 6) is 0.845. The maximum Gasteiger partial charge on any atom is 0.336 e. The first kappa shape index (κ1) is 14.6. The molecule has 0 amide bonds. The zero-order valence-corrected chi connectivity index (χ0v) is 12.4. The highest BCUT2D eigenvalue weighted by molar-refractivity contribution is 6.03. The van der Waals surface area contributed by atoms with Crippen molar-refractivity contribution in [2.24, 2.45) is 0 Å². The van der Waals surface area contributed by atoms with E-state index in [0.717, 1.165) is 22.4 Å². The number of esters is 1. The van der Waals surface area contributed by atoms with Gasteiger partial charge in [-0.3, -0.25) is 0 Å². The highest BCUT2D eigenvalue weighted by Gasteiger charge is 2.21. The molecule has 1 aliphatic heterocycles. The minimum absolute atomic E-state index is 0.393. The van der Waals surface area contributed by atoms with E-state index in [9.17, 15) is 4.79 Å². The van der Waals surface area contributed by atoms with Crippen molar-refractivity contribution in [3.63, 3.8) is 0 Å². The molecule has 0 aliphatic carbocycles. The standard InChI is InChI=1S/C19H13NO3/c1-22-16-8-6-15(7-9-16)17-11-19(21)23-18(17)10-13-2-4-14(12-20)5-3-13/h2-11H,1H3/b18-10-. The fraction of sp³-hybridized carbons (Fsp3) is 0.0526. The van der Waals surface area contributed by atoms with Gasteiger partial charge in [-0.05, 0) is 41.5 Å². The molecule has 112 valence electrons. The molecule has 0 unspecified atom stereocenters. The molecule has 0 saturated carbocycles. The topological polar surface area (TPSA) is 59.3 Å². The van der Waals surface area contributed by atoms with Gasteiger partial charge in [0.1, 0.15) is 11.5 Å². The largest absolute Gasteiger partial charge is 0.497 e. The molecule has 4 nitrogen and oxygen atoms in total. The Hall–Kier alpha value is -3.32. The van der Waals surface area contributed by atoms with Crippen LogP contribution in [0.4, 0.5) is 0 Å². The van der Waals surface area contributed by atoms with E-state index in [0.29, 0.717) is 11.3 Å². The SMILES string of the molecule is COc1ccc(C2=CC(=O)O/C2=C\c2ccc(C#N)cc2)cc1. The zero-order valence-electron chi connectivity index (χ0n) is 12.4. The lowest BCUT2D eigenvalue weighted by Crippen LogP contribution is -1.92. The van der Waals surface area contributed by atoms with E-state index >= 15 is 0 Å². The summed E-state index contributed by atoms with van der Waals surface area (Å²) in [6.45, 7) is 0. The Morgan fingerprint density at radius 3 is 2.39 bits per heavy atom. The van der Waals surface area contributed by atoms with Crippen LogP contribution in [0.5, 0.6) is 5.75 Å². The summed E-state index contributed by atoms with van der Waals surface area (Å²) >= 11 is 0. The minimum atomic E-state index is -0.393. The number of allylic oxidation sites excluding steroid dienone is 1. The Morgan fingerprint density at radius 1 is 1.09 bits per heavy atom. The number of hydrogen-bond donors (Lipinski definition) is 0. The molecule has 23 heavy (non-hydrogen) atoms. The number of nitrogens with zero attached hydrogens (tertiary/aromatic N) is 1. The molecule has 0 spiro atoms. The van der Waals surface area contributed by atoms with Crippen molar-refractivity contribution in [2.45, 2.75) is 0 Å². The van der Waals surface area contributed by atoms with Gasteiger partial charge in [0, 0.05) is 11.6 Å². The summed E-state index contributed by atoms with van der Waals surface area (Å²) in [5, 5.41) is 8.83. The fourth-order valence-corrected chi connectivity index (χ4v) is 2.29. The van der Waals surface area contributed by atoms with Gasteiger partial charge in [-0.1, -0.05) is 24.3 Å². The molecule has 0 radical (unpaired) electrons. The molecule has 0 saturated heterocycles. The molecule has 3 rings (SSSR count). The Labute approximate surface area is 133 Å². The van der Waals surface area contributed by atoms with E-state index in [1.165, 1.54) is 6.08 Å². The maximum absolute atomic E-state index is 11.6. The van der Waals surface area contributed by atoms with Gasteiger partial charge in [-0.25, -0.2) is 4.79 Å². The third-order valence-corrected chi connectivity index (χ3v) is 3.48. The second-order valence-electron chi connectivity index (χ2n) is 4.95. The smallest absolute Gasteiger partial charge is 0.336 e. The lowest BCUT2D eigenvalue weighted by Gasteiger charge is -2.06. The van der Waals surface area contributed by atoms with Crippen molar-refractivity contribution in [2.75, 3.05) is 7.11 Å². The van der Waals surface area contributed by atoms with Crippen LogP contribution >= 0.6 is 0 Å². The van der Waals surface area contributed by atoms with Gasteiger partial charge in [-0.15, -0.1) is 0 Å². The number of carbonyl (C=O) groups is 1. The van der Waals surface area contributed by atoms with Crippen LogP contribution in [0.25, 0.3) is 11.6 Å². The van der Waals surface area contributed by atoms with E-state index in [4.69, 9.17) is 14.7 Å². The third kappa shape index (κ3) is 3.14. The fourth-order valence-electron chi connectivity index (χ4n) is 2.29. The van der Waals surface area contributed by atoms with E-state index in [1.54, 1.807) is 25.3 Å². The molecule has 0 N–H and O–H groups in total. The maximum atomic E-state index is 11.6. The first-order valence-corrected chi connectivity index (χ1v) is 7.00. The van der Waals surface area contributed by atoms with Crippen LogP contribution in [0, 0.1) is 11.3 Å². The van der Waals surface area contributed by atoms with E-state index < -0.39 is 5.97 Å². The third-order valence-electron chi connectivity index (χ3n) is 3.48. The summed E-state index contributed by atoms with van der Waals surface area (Å²) in [4.78, 5) is 11.6. The highest BCUT2D eigenvalue weighted by Crippen LogP contribution is 2.32. The number of ether oxygens (including phenoxy) is 2. The van der Waals surface area contributed by atoms with Gasteiger partial charge in [-0.2, -0.15) is 5.26 Å². The zero-order chi connectivity index (χ0) is 16.2. The number of cyclic esters (lactones) is 1. The lowest BCUT2D eigenvalue weighted by molar-refractivity contribution is -0.132. The van der Waals surface area contributed by atoms with Gasteiger partial charge in [0.05, 0.1) is 18.7 Å². The Balaban J connectivity index is 1.94.